The molecule has 1 unspecified atom stereocenters. The minimum atomic E-state index is -0.958. The standard InChI is InChI=1S/C67H80N6O12S3/c1-43-29-52-56(68(4)39-49-33-46-15-9-11-19-54(46)72(49)63(52)76)36-58(43)84-41-44-30-45(42-85-60-37-57-53(35-59(60)81-7)64(77)73-50(40-69(57)5)34-47-16-10-12-20-55(47)73)32-48(31-44)70(22-23-82-26-27-83-25-24-80-6)66(79)67(2,3)88-87-28-14-18-51(74)17-13-21-71-62(75)38-61(86-8)65(71)78/h9-12,15-16,19-20,29-32,35-37,49-50,61H,13-14,17-18,21-28,33-34,38-42H2,1-8H3/t49-,50-,61?/m0/s1. The molecule has 5 amide bonds. The second kappa shape index (κ2) is 28.8. The minimum absolute atomic E-state index is 0.0116. The number of likely N-dealkylation sites (N-methyl/N-ethyl adjacent to an activating group) is 2. The van der Waals surface area contributed by atoms with E-state index in [4.69, 9.17) is 28.4 Å². The molecule has 0 aliphatic carbocycles. The smallest absolute Gasteiger partial charge is 0.260 e. The second-order valence-corrected chi connectivity index (χ2v) is 27.6. The summed E-state index contributed by atoms with van der Waals surface area (Å²) in [5.41, 5.74) is 9.70. The van der Waals surface area contributed by atoms with E-state index >= 15 is 4.79 Å². The van der Waals surface area contributed by atoms with Crippen LogP contribution in [0, 0.1) is 6.92 Å². The molecule has 5 aliphatic heterocycles. The van der Waals surface area contributed by atoms with Gasteiger partial charge in [0.2, 0.25) is 17.7 Å². The Morgan fingerprint density at radius 1 is 0.659 bits per heavy atom. The number of carbonyl (C=O) groups is 6. The second-order valence-electron chi connectivity index (χ2n) is 23.5. The minimum Gasteiger partial charge on any atom is -0.493 e. The highest BCUT2D eigenvalue weighted by molar-refractivity contribution is 8.77. The lowest BCUT2D eigenvalue weighted by molar-refractivity contribution is -0.138. The van der Waals surface area contributed by atoms with Crippen molar-refractivity contribution in [3.8, 4) is 17.2 Å². The van der Waals surface area contributed by atoms with Crippen molar-refractivity contribution in [1.82, 2.24) is 4.90 Å². The largest absolute Gasteiger partial charge is 0.493 e. The molecule has 0 radical (unpaired) electrons. The lowest BCUT2D eigenvalue weighted by atomic mass is 10.1. The van der Waals surface area contributed by atoms with Crippen LogP contribution in [0.2, 0.25) is 0 Å². The molecule has 468 valence electrons. The summed E-state index contributed by atoms with van der Waals surface area (Å²) >= 11 is 1.38. The van der Waals surface area contributed by atoms with Crippen LogP contribution in [0.4, 0.5) is 28.4 Å². The lowest BCUT2D eigenvalue weighted by Crippen LogP contribution is -2.45. The summed E-state index contributed by atoms with van der Waals surface area (Å²) in [4.78, 5) is 93.3. The number of nitrogens with zero attached hydrogens (tertiary/aromatic N) is 6. The molecule has 0 saturated carbocycles. The number of carbonyl (C=O) groups excluding carboxylic acids is 6. The fraction of sp³-hybridized carbons (Fsp3) is 0.463. The number of amides is 5. The number of likely N-dealkylation sites (tertiary alicyclic amines) is 1. The molecule has 10 rings (SSSR count). The Balaban J connectivity index is 0.900. The van der Waals surface area contributed by atoms with E-state index < -0.39 is 4.75 Å². The SMILES string of the molecule is COCCOCCOCCN(C(=O)C(C)(C)SSCCCC(=O)CCCN1C(=O)CC(SC)C1=O)c1cc(COc2cc3c(cc2C)C(=O)N2c4ccccc4C[C@H]2CN3C)cc(COc2cc3c(cc2OC)C(=O)N2c4ccccc4C[C@H]2CN3C)c1. The van der Waals surface area contributed by atoms with Crippen molar-refractivity contribution < 1.29 is 57.2 Å². The first-order chi connectivity index (χ1) is 42.5. The average Bonchev–Trinajstić information content (AvgIpc) is 2.87. The maximum Gasteiger partial charge on any atom is 0.260 e. The highest BCUT2D eigenvalue weighted by Gasteiger charge is 2.42. The zero-order valence-corrected chi connectivity index (χ0v) is 54.1. The van der Waals surface area contributed by atoms with Crippen molar-refractivity contribution in [3.05, 3.63) is 130 Å². The number of fused-ring (bicyclic) bond motifs is 8. The number of hydrogen-bond donors (Lipinski definition) is 0. The molecular formula is C67H80N6O12S3. The molecular weight excluding hydrogens is 1180 g/mol. The Hall–Kier alpha value is -6.75. The summed E-state index contributed by atoms with van der Waals surface area (Å²) < 4.78 is 35.4. The van der Waals surface area contributed by atoms with Gasteiger partial charge < -0.3 is 52.9 Å². The molecule has 5 aliphatic rings. The van der Waals surface area contributed by atoms with Gasteiger partial charge in [0, 0.05) is 102 Å². The zero-order valence-electron chi connectivity index (χ0n) is 51.6. The Morgan fingerprint density at radius 3 is 1.83 bits per heavy atom. The van der Waals surface area contributed by atoms with E-state index in [0.29, 0.717) is 98.6 Å². The number of methoxy groups -OCH3 is 2. The summed E-state index contributed by atoms with van der Waals surface area (Å²) in [7, 11) is 10.2. The summed E-state index contributed by atoms with van der Waals surface area (Å²) in [6.07, 6.45) is 5.23. The Labute approximate surface area is 528 Å². The van der Waals surface area contributed by atoms with Gasteiger partial charge in [-0.05, 0) is 123 Å². The van der Waals surface area contributed by atoms with Gasteiger partial charge in [-0.1, -0.05) is 58.0 Å². The topological polar surface area (TPSA) is 177 Å². The molecule has 1 fully saturated rings. The van der Waals surface area contributed by atoms with E-state index in [2.05, 4.69) is 21.9 Å². The average molecular weight is 1260 g/mol. The third kappa shape index (κ3) is 14.3. The first-order valence-corrected chi connectivity index (χ1v) is 33.7. The molecule has 18 nitrogen and oxygen atoms in total. The molecule has 88 heavy (non-hydrogen) atoms. The third-order valence-corrected chi connectivity index (χ3v) is 21.1. The van der Waals surface area contributed by atoms with E-state index in [1.54, 1.807) is 25.2 Å². The number of rotatable bonds is 29. The molecule has 0 spiro atoms. The van der Waals surface area contributed by atoms with Crippen molar-refractivity contribution in [2.24, 2.45) is 0 Å². The number of anilines is 5. The number of ketones is 1. The van der Waals surface area contributed by atoms with Gasteiger partial charge in [0.1, 0.15) is 24.7 Å². The Kier molecular flexibility index (Phi) is 21.0. The maximum atomic E-state index is 15.3. The monoisotopic (exact) mass is 1260 g/mol. The van der Waals surface area contributed by atoms with Gasteiger partial charge in [-0.15, -0.1) is 0 Å². The molecule has 5 aromatic carbocycles. The van der Waals surface area contributed by atoms with E-state index in [-0.39, 0.29) is 98.4 Å². The Morgan fingerprint density at radius 2 is 1.23 bits per heavy atom. The Bertz CT molecular complexity index is 3420. The highest BCUT2D eigenvalue weighted by atomic mass is 33.1. The summed E-state index contributed by atoms with van der Waals surface area (Å²) in [6.45, 7) is 9.36. The highest BCUT2D eigenvalue weighted by Crippen LogP contribution is 2.44. The van der Waals surface area contributed by atoms with E-state index in [9.17, 15) is 24.0 Å². The number of ether oxygens (including phenoxy) is 6. The predicted molar refractivity (Wildman–Crippen MR) is 349 cm³/mol. The van der Waals surface area contributed by atoms with Crippen LogP contribution in [0.15, 0.2) is 91.0 Å². The molecule has 0 bridgehead atoms. The summed E-state index contributed by atoms with van der Waals surface area (Å²) in [5.74, 6) is 1.49. The van der Waals surface area contributed by atoms with Crippen LogP contribution in [0.5, 0.6) is 17.2 Å². The third-order valence-electron chi connectivity index (χ3n) is 16.8. The number of hydrogen-bond acceptors (Lipinski definition) is 17. The van der Waals surface area contributed by atoms with Crippen LogP contribution in [0.3, 0.4) is 0 Å². The number of benzene rings is 5. The van der Waals surface area contributed by atoms with Crippen molar-refractivity contribution >= 4 is 97.1 Å². The number of para-hydroxylation sites is 2. The van der Waals surface area contributed by atoms with Gasteiger partial charge in [0.25, 0.3) is 11.8 Å². The number of imide groups is 1. The van der Waals surface area contributed by atoms with Gasteiger partial charge in [-0.3, -0.25) is 33.7 Å². The maximum absolute atomic E-state index is 15.3. The van der Waals surface area contributed by atoms with E-state index in [1.807, 2.05) is 124 Å². The fourth-order valence-electron chi connectivity index (χ4n) is 12.3. The predicted octanol–water partition coefficient (Wildman–Crippen LogP) is 10.00. The first-order valence-electron chi connectivity index (χ1n) is 30.1. The van der Waals surface area contributed by atoms with Crippen LogP contribution in [-0.2, 0) is 59.4 Å². The molecule has 1 saturated heterocycles. The van der Waals surface area contributed by atoms with Crippen molar-refractivity contribution in [1.29, 1.82) is 0 Å². The van der Waals surface area contributed by atoms with Crippen LogP contribution >= 0.6 is 33.3 Å². The molecule has 0 aromatic heterocycles. The quantitative estimate of drug-likeness (QED) is 0.0251. The van der Waals surface area contributed by atoms with Gasteiger partial charge >= 0.3 is 0 Å². The lowest BCUT2D eigenvalue weighted by Gasteiger charge is -2.32. The van der Waals surface area contributed by atoms with Gasteiger partial charge in [-0.2, -0.15) is 11.8 Å². The van der Waals surface area contributed by atoms with Crippen molar-refractivity contribution in [2.45, 2.75) is 101 Å². The van der Waals surface area contributed by atoms with E-state index in [1.165, 1.54) is 43.8 Å². The zero-order chi connectivity index (χ0) is 62.2. The van der Waals surface area contributed by atoms with Crippen molar-refractivity contribution in [2.75, 3.05) is 124 Å². The summed E-state index contributed by atoms with van der Waals surface area (Å²) in [5, 5.41) is -0.344. The van der Waals surface area contributed by atoms with Crippen molar-refractivity contribution in [3.63, 3.8) is 0 Å². The molecule has 0 N–H and O–H groups in total. The fourth-order valence-corrected chi connectivity index (χ4v) is 15.5. The molecule has 3 atom stereocenters. The normalized spacial score (nSPS) is 17.7. The van der Waals surface area contributed by atoms with E-state index in [0.717, 1.165) is 57.8 Å². The van der Waals surface area contributed by atoms with Crippen LogP contribution in [0.1, 0.15) is 94.5 Å². The molecule has 21 heteroatoms. The first kappa shape index (κ1) is 64.2. The number of thioether (sulfide) groups is 1. The van der Waals surface area contributed by atoms with Gasteiger partial charge in [0.15, 0.2) is 11.5 Å². The molecule has 5 aromatic rings. The van der Waals surface area contributed by atoms with Gasteiger partial charge in [0.05, 0.1) is 84.7 Å². The van der Waals surface area contributed by atoms with Crippen LogP contribution in [-0.4, -0.2) is 162 Å². The number of Topliss-reactive ketones (excluding diaryl/α,β-unsaturated/α-hetero) is 1. The summed E-state index contributed by atoms with van der Waals surface area (Å²) in [6, 6.07) is 29.6. The van der Waals surface area contributed by atoms with Crippen LogP contribution < -0.4 is 38.7 Å². The van der Waals surface area contributed by atoms with Gasteiger partial charge in [-0.25, -0.2) is 0 Å². The molecule has 5 heterocycles. The number of aryl methyl sites for hydroxylation is 1. The van der Waals surface area contributed by atoms with Crippen LogP contribution in [0.25, 0.3) is 0 Å².